The molecule has 3 aromatic rings. The van der Waals surface area contributed by atoms with Crippen molar-refractivity contribution in [2.45, 2.75) is 19.4 Å². The molecule has 0 heterocycles. The van der Waals surface area contributed by atoms with Gasteiger partial charge in [0.15, 0.2) is 6.10 Å². The van der Waals surface area contributed by atoms with Crippen molar-refractivity contribution in [3.63, 3.8) is 0 Å². The van der Waals surface area contributed by atoms with E-state index in [0.29, 0.717) is 11.3 Å². The van der Waals surface area contributed by atoms with E-state index >= 15 is 0 Å². The van der Waals surface area contributed by atoms with Gasteiger partial charge >= 0.3 is 5.97 Å². The van der Waals surface area contributed by atoms with Crippen LogP contribution in [0.1, 0.15) is 23.7 Å². The highest BCUT2D eigenvalue weighted by atomic mass is 16.5. The molecule has 7 nitrogen and oxygen atoms in total. The number of hydrogen-bond acceptors (Lipinski definition) is 5. The first-order chi connectivity index (χ1) is 16.5. The third-order valence-electron chi connectivity index (χ3n) is 5.08. The minimum atomic E-state index is -1.08. The fourth-order valence-corrected chi connectivity index (χ4v) is 3.34. The van der Waals surface area contributed by atoms with E-state index in [4.69, 9.17) is 10.00 Å². The molecule has 2 amide bonds. The second kappa shape index (κ2) is 12.0. The van der Waals surface area contributed by atoms with Crippen LogP contribution in [0.5, 0.6) is 0 Å². The van der Waals surface area contributed by atoms with Crippen LogP contribution in [0.25, 0.3) is 11.1 Å². The van der Waals surface area contributed by atoms with E-state index in [1.807, 2.05) is 54.6 Å². The molecule has 0 fully saturated rings. The highest BCUT2D eigenvalue weighted by molar-refractivity contribution is 5.98. The van der Waals surface area contributed by atoms with Gasteiger partial charge in [-0.2, -0.15) is 5.26 Å². The van der Waals surface area contributed by atoms with E-state index in [1.165, 1.54) is 11.8 Å². The van der Waals surface area contributed by atoms with Gasteiger partial charge in [-0.25, -0.2) is 0 Å². The summed E-state index contributed by atoms with van der Waals surface area (Å²) in [4.78, 5) is 38.9. The summed E-state index contributed by atoms with van der Waals surface area (Å²) in [5.41, 5.74) is 3.03. The molecule has 172 valence electrons. The van der Waals surface area contributed by atoms with Crippen LogP contribution in [0.3, 0.4) is 0 Å². The Morgan fingerprint density at radius 1 is 0.912 bits per heavy atom. The van der Waals surface area contributed by atoms with Crippen LogP contribution in [0.15, 0.2) is 84.9 Å². The zero-order valence-electron chi connectivity index (χ0n) is 18.8. The number of anilines is 1. The monoisotopic (exact) mass is 455 g/mol. The van der Waals surface area contributed by atoms with Gasteiger partial charge in [-0.1, -0.05) is 60.7 Å². The Labute approximate surface area is 198 Å². The van der Waals surface area contributed by atoms with E-state index in [-0.39, 0.29) is 19.5 Å². The van der Waals surface area contributed by atoms with E-state index in [1.54, 1.807) is 36.4 Å². The molecular formula is C27H25N3O4. The molecule has 3 aromatic carbocycles. The van der Waals surface area contributed by atoms with Crippen LogP contribution >= 0.6 is 0 Å². The second-order valence-corrected chi connectivity index (χ2v) is 7.49. The van der Waals surface area contributed by atoms with Crippen LogP contribution in [0, 0.1) is 11.3 Å². The highest BCUT2D eigenvalue weighted by Crippen LogP contribution is 2.19. The van der Waals surface area contributed by atoms with E-state index in [0.717, 1.165) is 11.1 Å². The molecule has 0 saturated carbocycles. The summed E-state index contributed by atoms with van der Waals surface area (Å²) in [5.74, 6) is -1.60. The summed E-state index contributed by atoms with van der Waals surface area (Å²) in [6.45, 7) is 1.27. The van der Waals surface area contributed by atoms with Gasteiger partial charge in [-0.15, -0.1) is 0 Å². The fourth-order valence-electron chi connectivity index (χ4n) is 3.34. The van der Waals surface area contributed by atoms with Crippen molar-refractivity contribution in [1.82, 2.24) is 5.32 Å². The number of rotatable bonds is 9. The lowest BCUT2D eigenvalue weighted by Crippen LogP contribution is -2.42. The number of ether oxygens (including phenoxy) is 1. The Hall–Kier alpha value is -4.44. The van der Waals surface area contributed by atoms with E-state index in [9.17, 15) is 14.4 Å². The number of benzene rings is 3. The Kier molecular flexibility index (Phi) is 8.53. The van der Waals surface area contributed by atoms with Crippen molar-refractivity contribution in [3.8, 4) is 17.2 Å². The Bertz CT molecular complexity index is 1160. The summed E-state index contributed by atoms with van der Waals surface area (Å²) < 4.78 is 5.23. The number of para-hydroxylation sites is 1. The molecule has 0 aromatic heterocycles. The van der Waals surface area contributed by atoms with Gasteiger partial charge in [-0.3, -0.25) is 14.4 Å². The lowest BCUT2D eigenvalue weighted by molar-refractivity contribution is -0.152. The lowest BCUT2D eigenvalue weighted by Gasteiger charge is -2.25. The molecule has 1 atom stereocenters. The van der Waals surface area contributed by atoms with Crippen molar-refractivity contribution in [1.29, 1.82) is 5.26 Å². The Morgan fingerprint density at radius 2 is 1.50 bits per heavy atom. The molecule has 0 aliphatic carbocycles. The van der Waals surface area contributed by atoms with Crippen molar-refractivity contribution in [3.05, 3.63) is 90.5 Å². The van der Waals surface area contributed by atoms with Crippen molar-refractivity contribution in [2.24, 2.45) is 0 Å². The summed E-state index contributed by atoms with van der Waals surface area (Å²) in [6.07, 6.45) is -0.936. The summed E-state index contributed by atoms with van der Waals surface area (Å²) in [5, 5.41) is 11.4. The largest absolute Gasteiger partial charge is 0.451 e. The van der Waals surface area contributed by atoms with Crippen LogP contribution in [0.2, 0.25) is 0 Å². The second-order valence-electron chi connectivity index (χ2n) is 7.49. The van der Waals surface area contributed by atoms with Gasteiger partial charge in [-0.05, 0) is 42.3 Å². The maximum atomic E-state index is 12.8. The van der Waals surface area contributed by atoms with Crippen LogP contribution in [0.4, 0.5) is 5.69 Å². The standard InChI is InChI=1S/C27H25N3O4/c1-20(27(33)30(18-8-17-28)24-11-6-3-7-12-24)34-25(31)19-29-26(32)23-15-13-22(14-16-23)21-9-4-2-5-10-21/h2-7,9-16,20H,8,18-19H2,1H3,(H,29,32). The summed E-state index contributed by atoms with van der Waals surface area (Å²) >= 11 is 0. The third kappa shape index (κ3) is 6.53. The average Bonchev–Trinajstić information content (AvgIpc) is 2.88. The Morgan fingerprint density at radius 3 is 2.12 bits per heavy atom. The average molecular weight is 456 g/mol. The predicted molar refractivity (Wildman–Crippen MR) is 129 cm³/mol. The SMILES string of the molecule is CC(OC(=O)CNC(=O)c1ccc(-c2ccccc2)cc1)C(=O)N(CCC#N)c1ccccc1. The van der Waals surface area contributed by atoms with E-state index in [2.05, 4.69) is 5.32 Å². The normalized spacial score (nSPS) is 11.1. The maximum Gasteiger partial charge on any atom is 0.326 e. The molecule has 34 heavy (non-hydrogen) atoms. The predicted octanol–water partition coefficient (Wildman–Crippen LogP) is 3.96. The maximum absolute atomic E-state index is 12.8. The van der Waals surface area contributed by atoms with Crippen molar-refractivity contribution < 1.29 is 19.1 Å². The summed E-state index contributed by atoms with van der Waals surface area (Å²) in [6, 6.07) is 27.7. The number of nitrogens with one attached hydrogen (secondary N) is 1. The van der Waals surface area contributed by atoms with Crippen LogP contribution < -0.4 is 10.2 Å². The molecule has 7 heteroatoms. The first kappa shape index (κ1) is 24.2. The van der Waals surface area contributed by atoms with Crippen molar-refractivity contribution >= 4 is 23.5 Å². The molecule has 0 spiro atoms. The number of carbonyl (C=O) groups is 3. The first-order valence-corrected chi connectivity index (χ1v) is 10.9. The first-order valence-electron chi connectivity index (χ1n) is 10.9. The Balaban J connectivity index is 1.53. The molecule has 0 saturated heterocycles. The number of amides is 2. The number of carbonyl (C=O) groups excluding carboxylic acids is 3. The molecular weight excluding hydrogens is 430 g/mol. The molecule has 0 aliphatic rings. The van der Waals surface area contributed by atoms with Gasteiger partial charge in [0, 0.05) is 17.8 Å². The zero-order valence-corrected chi connectivity index (χ0v) is 18.8. The van der Waals surface area contributed by atoms with Gasteiger partial charge in [0.25, 0.3) is 11.8 Å². The van der Waals surface area contributed by atoms with Gasteiger partial charge in [0.2, 0.25) is 0 Å². The molecule has 3 rings (SSSR count). The fraction of sp³-hybridized carbons (Fsp3) is 0.185. The van der Waals surface area contributed by atoms with Gasteiger partial charge < -0.3 is 15.0 Å². The highest BCUT2D eigenvalue weighted by Gasteiger charge is 2.25. The van der Waals surface area contributed by atoms with Crippen LogP contribution in [-0.2, 0) is 14.3 Å². The van der Waals surface area contributed by atoms with Gasteiger partial charge in [0.05, 0.1) is 12.5 Å². The smallest absolute Gasteiger partial charge is 0.326 e. The number of nitriles is 1. The minimum Gasteiger partial charge on any atom is -0.451 e. The molecule has 0 aliphatic heterocycles. The van der Waals surface area contributed by atoms with E-state index < -0.39 is 23.9 Å². The molecule has 0 radical (unpaired) electrons. The third-order valence-corrected chi connectivity index (χ3v) is 5.08. The number of esters is 1. The zero-order chi connectivity index (χ0) is 24.3. The lowest BCUT2D eigenvalue weighted by atomic mass is 10.0. The van der Waals surface area contributed by atoms with Crippen molar-refractivity contribution in [2.75, 3.05) is 18.0 Å². The minimum absolute atomic E-state index is 0.139. The molecule has 1 N–H and O–H groups in total. The number of hydrogen-bond donors (Lipinski definition) is 1. The summed E-state index contributed by atoms with van der Waals surface area (Å²) in [7, 11) is 0. The van der Waals surface area contributed by atoms with Crippen LogP contribution in [-0.4, -0.2) is 37.0 Å². The quantitative estimate of drug-likeness (QED) is 0.492. The topological polar surface area (TPSA) is 99.5 Å². The molecule has 1 unspecified atom stereocenters. The van der Waals surface area contributed by atoms with Gasteiger partial charge in [0.1, 0.15) is 6.54 Å². The molecule has 0 bridgehead atoms. The number of nitrogens with zero attached hydrogens (tertiary/aromatic N) is 2.